The molecule has 0 bridgehead atoms. The third-order valence-electron chi connectivity index (χ3n) is 7.15. The van der Waals surface area contributed by atoms with Crippen molar-refractivity contribution >= 4 is 11.6 Å². The zero-order valence-electron chi connectivity index (χ0n) is 19.5. The number of amides is 1. The highest BCUT2D eigenvalue weighted by Crippen LogP contribution is 2.48. The van der Waals surface area contributed by atoms with E-state index in [4.69, 9.17) is 0 Å². The van der Waals surface area contributed by atoms with Gasteiger partial charge in [-0.2, -0.15) is 0 Å². The molecule has 0 spiro atoms. The lowest BCUT2D eigenvalue weighted by Gasteiger charge is -2.39. The van der Waals surface area contributed by atoms with Crippen molar-refractivity contribution in [2.24, 2.45) is 5.92 Å². The highest BCUT2D eigenvalue weighted by Gasteiger charge is 2.44. The molecule has 5 rings (SSSR count). The normalized spacial score (nSPS) is 21.5. The molecule has 176 valence electrons. The summed E-state index contributed by atoms with van der Waals surface area (Å²) in [5.41, 5.74) is 5.52. The number of nitrogens with zero attached hydrogens (tertiary/aromatic N) is 2. The van der Waals surface area contributed by atoms with Crippen LogP contribution in [0, 0.1) is 11.7 Å². The highest BCUT2D eigenvalue weighted by atomic mass is 19.1. The number of hydrogen-bond donors (Lipinski definition) is 2. The lowest BCUT2D eigenvalue weighted by atomic mass is 9.82. The van der Waals surface area contributed by atoms with E-state index in [-0.39, 0.29) is 36.3 Å². The average Bonchev–Trinajstić information content (AvgIpc) is 3.28. The summed E-state index contributed by atoms with van der Waals surface area (Å²) in [5.74, 6) is 0.0234. The van der Waals surface area contributed by atoms with Gasteiger partial charge in [0.05, 0.1) is 12.6 Å². The molecule has 0 radical (unpaired) electrons. The number of carbonyl (C=O) groups excluding carboxylic acids is 1. The molecule has 0 aliphatic carbocycles. The maximum Gasteiger partial charge on any atom is 0.253 e. The van der Waals surface area contributed by atoms with Crippen LogP contribution < -0.4 is 5.32 Å². The van der Waals surface area contributed by atoms with Crippen molar-refractivity contribution in [3.8, 4) is 11.1 Å². The zero-order valence-corrected chi connectivity index (χ0v) is 19.5. The van der Waals surface area contributed by atoms with Gasteiger partial charge in [0.2, 0.25) is 0 Å². The first-order chi connectivity index (χ1) is 16.5. The lowest BCUT2D eigenvalue weighted by Crippen LogP contribution is -2.41. The Labute approximate surface area is 199 Å². The number of carbonyl (C=O) groups is 1. The molecule has 3 aromatic rings. The van der Waals surface area contributed by atoms with Crippen LogP contribution in [0.15, 0.2) is 66.7 Å². The van der Waals surface area contributed by atoms with E-state index in [9.17, 15) is 14.3 Å². The molecule has 3 atom stereocenters. The standard InChI is InChI=1S/C28H30FN3O2/c1-31(2)28(34)20-8-5-7-18(14-20)19-10-11-25-23(15-19)27-22(26(17-33)30-25)12-13-32(27)16-21-6-3-4-9-24(21)29/h3-11,14-15,22,26-27,30,33H,12-13,16-17H2,1-2H3/t22-,26+,27-/m1/s1. The van der Waals surface area contributed by atoms with E-state index < -0.39 is 0 Å². The van der Waals surface area contributed by atoms with Gasteiger partial charge < -0.3 is 15.3 Å². The summed E-state index contributed by atoms with van der Waals surface area (Å²) in [5, 5.41) is 13.6. The van der Waals surface area contributed by atoms with Crippen molar-refractivity contribution in [2.75, 3.05) is 32.6 Å². The second-order valence-corrected chi connectivity index (χ2v) is 9.48. The Balaban J connectivity index is 1.53. The molecule has 1 fully saturated rings. The molecule has 0 unspecified atom stereocenters. The number of aliphatic hydroxyl groups is 1. The van der Waals surface area contributed by atoms with Crippen LogP contribution in [0.25, 0.3) is 11.1 Å². The maximum atomic E-state index is 14.4. The van der Waals surface area contributed by atoms with E-state index >= 15 is 0 Å². The van der Waals surface area contributed by atoms with Crippen LogP contribution >= 0.6 is 0 Å². The summed E-state index contributed by atoms with van der Waals surface area (Å²) < 4.78 is 14.4. The Hall–Kier alpha value is -3.22. The summed E-state index contributed by atoms with van der Waals surface area (Å²) in [6.45, 7) is 1.44. The SMILES string of the molecule is CN(C)C(=O)c1cccc(-c2ccc3c(c2)[C@H]2[C@H](CCN2Cc2ccccc2F)[C@H](CO)N3)c1. The Bertz CT molecular complexity index is 1210. The van der Waals surface area contributed by atoms with Crippen LogP contribution in [0.2, 0.25) is 0 Å². The first-order valence-electron chi connectivity index (χ1n) is 11.8. The molecule has 1 saturated heterocycles. The molecular weight excluding hydrogens is 429 g/mol. The van der Waals surface area contributed by atoms with Crippen LogP contribution in [-0.4, -0.2) is 54.1 Å². The van der Waals surface area contributed by atoms with E-state index in [0.29, 0.717) is 17.7 Å². The maximum absolute atomic E-state index is 14.4. The molecule has 6 heteroatoms. The van der Waals surface area contributed by atoms with Gasteiger partial charge in [-0.1, -0.05) is 36.4 Å². The Kier molecular flexibility index (Phi) is 6.11. The minimum Gasteiger partial charge on any atom is -0.394 e. The molecule has 0 aromatic heterocycles. The summed E-state index contributed by atoms with van der Waals surface area (Å²) >= 11 is 0. The fraction of sp³-hybridized carbons (Fsp3) is 0.321. The van der Waals surface area contributed by atoms with Gasteiger partial charge in [0.1, 0.15) is 5.82 Å². The van der Waals surface area contributed by atoms with Crippen LogP contribution in [0.5, 0.6) is 0 Å². The summed E-state index contributed by atoms with van der Waals surface area (Å²) in [4.78, 5) is 16.4. The molecule has 34 heavy (non-hydrogen) atoms. The van der Waals surface area contributed by atoms with Crippen molar-refractivity contribution < 1.29 is 14.3 Å². The topological polar surface area (TPSA) is 55.8 Å². The minimum absolute atomic E-state index is 0.0285. The average molecular weight is 460 g/mol. The summed E-state index contributed by atoms with van der Waals surface area (Å²) in [7, 11) is 3.50. The Morgan fingerprint density at radius 1 is 1.09 bits per heavy atom. The van der Waals surface area contributed by atoms with Gasteiger partial charge in [-0.25, -0.2) is 4.39 Å². The van der Waals surface area contributed by atoms with E-state index in [0.717, 1.165) is 35.3 Å². The number of likely N-dealkylation sites (tertiary alicyclic amines) is 1. The smallest absolute Gasteiger partial charge is 0.253 e. The number of rotatable bonds is 5. The second kappa shape index (κ2) is 9.20. The monoisotopic (exact) mass is 459 g/mol. The number of aliphatic hydroxyl groups excluding tert-OH is 1. The van der Waals surface area contributed by atoms with Gasteiger partial charge in [-0.3, -0.25) is 9.69 Å². The first-order valence-corrected chi connectivity index (χ1v) is 11.8. The fourth-order valence-corrected chi connectivity index (χ4v) is 5.45. The number of halogens is 1. The Morgan fingerprint density at radius 2 is 1.88 bits per heavy atom. The van der Waals surface area contributed by atoms with Crippen LogP contribution in [-0.2, 0) is 6.54 Å². The summed E-state index contributed by atoms with van der Waals surface area (Å²) in [6.07, 6.45) is 0.938. The van der Waals surface area contributed by atoms with Gasteiger partial charge in [-0.15, -0.1) is 0 Å². The second-order valence-electron chi connectivity index (χ2n) is 9.48. The van der Waals surface area contributed by atoms with E-state index in [1.54, 1.807) is 25.1 Å². The molecule has 0 saturated carbocycles. The third kappa shape index (κ3) is 4.08. The number of fused-ring (bicyclic) bond motifs is 3. The van der Waals surface area contributed by atoms with Crippen LogP contribution in [0.1, 0.15) is 33.9 Å². The number of hydrogen-bond acceptors (Lipinski definition) is 4. The largest absolute Gasteiger partial charge is 0.394 e. The molecule has 5 nitrogen and oxygen atoms in total. The number of anilines is 1. The lowest BCUT2D eigenvalue weighted by molar-refractivity contribution is 0.0827. The van der Waals surface area contributed by atoms with Crippen LogP contribution in [0.4, 0.5) is 10.1 Å². The van der Waals surface area contributed by atoms with Gasteiger partial charge in [-0.05, 0) is 60.0 Å². The first kappa shape index (κ1) is 22.6. The van der Waals surface area contributed by atoms with Crippen molar-refractivity contribution in [3.05, 3.63) is 89.2 Å². The van der Waals surface area contributed by atoms with Crippen LogP contribution in [0.3, 0.4) is 0 Å². The van der Waals surface area contributed by atoms with E-state index in [1.807, 2.05) is 36.4 Å². The van der Waals surface area contributed by atoms with Gasteiger partial charge in [0.25, 0.3) is 5.91 Å². The molecule has 2 N–H and O–H groups in total. The Morgan fingerprint density at radius 3 is 2.65 bits per heavy atom. The predicted molar refractivity (Wildman–Crippen MR) is 132 cm³/mol. The molecule has 1 amide bonds. The van der Waals surface area contributed by atoms with E-state index in [2.05, 4.69) is 28.4 Å². The third-order valence-corrected chi connectivity index (χ3v) is 7.15. The van der Waals surface area contributed by atoms with Gasteiger partial charge >= 0.3 is 0 Å². The van der Waals surface area contributed by atoms with Gasteiger partial charge in [0.15, 0.2) is 0 Å². The number of nitrogens with one attached hydrogen (secondary N) is 1. The molecular formula is C28H30FN3O2. The van der Waals surface area contributed by atoms with Gasteiger partial charge in [0, 0.05) is 49.4 Å². The minimum atomic E-state index is -0.185. The number of benzene rings is 3. The summed E-state index contributed by atoms with van der Waals surface area (Å²) in [6, 6.07) is 21.0. The fourth-order valence-electron chi connectivity index (χ4n) is 5.45. The van der Waals surface area contributed by atoms with E-state index in [1.165, 1.54) is 6.07 Å². The molecule has 2 aliphatic heterocycles. The highest BCUT2D eigenvalue weighted by molar-refractivity contribution is 5.95. The quantitative estimate of drug-likeness (QED) is 0.588. The predicted octanol–water partition coefficient (Wildman–Crippen LogP) is 4.54. The molecule has 2 heterocycles. The molecule has 2 aliphatic rings. The van der Waals surface area contributed by atoms with Crippen molar-refractivity contribution in [3.63, 3.8) is 0 Å². The van der Waals surface area contributed by atoms with Crippen molar-refractivity contribution in [1.82, 2.24) is 9.80 Å². The molecule has 3 aromatic carbocycles. The van der Waals surface area contributed by atoms with Crippen molar-refractivity contribution in [1.29, 1.82) is 0 Å². The zero-order chi connectivity index (χ0) is 23.8. The van der Waals surface area contributed by atoms with Crippen molar-refractivity contribution in [2.45, 2.75) is 25.0 Å².